The highest BCUT2D eigenvalue weighted by atomic mass is 14.9. The lowest BCUT2D eigenvalue weighted by molar-refractivity contribution is 1.13. The van der Waals surface area contributed by atoms with E-state index in [9.17, 15) is 0 Å². The van der Waals surface area contributed by atoms with Gasteiger partial charge in [-0.25, -0.2) is 15.0 Å². The molecule has 0 spiro atoms. The summed E-state index contributed by atoms with van der Waals surface area (Å²) in [7, 11) is 0. The molecule has 0 radical (unpaired) electrons. The summed E-state index contributed by atoms with van der Waals surface area (Å²) in [6.07, 6.45) is 3.46. The highest BCUT2D eigenvalue weighted by molar-refractivity contribution is 5.66. The van der Waals surface area contributed by atoms with E-state index in [4.69, 9.17) is 0 Å². The zero-order chi connectivity index (χ0) is 13.1. The van der Waals surface area contributed by atoms with Crippen LogP contribution in [0.5, 0.6) is 0 Å². The van der Waals surface area contributed by atoms with E-state index in [0.29, 0.717) is 5.82 Å². The number of benzene rings is 1. The van der Waals surface area contributed by atoms with Gasteiger partial charge in [0.15, 0.2) is 5.82 Å². The number of nitrogens with zero attached hydrogens (tertiary/aromatic N) is 3. The van der Waals surface area contributed by atoms with Crippen molar-refractivity contribution in [1.29, 1.82) is 0 Å². The number of rotatable bonds is 2. The molecule has 3 rings (SSSR count). The van der Waals surface area contributed by atoms with Gasteiger partial charge in [0, 0.05) is 18.0 Å². The van der Waals surface area contributed by atoms with Gasteiger partial charge in [-0.1, -0.05) is 36.4 Å². The van der Waals surface area contributed by atoms with Gasteiger partial charge in [0.2, 0.25) is 0 Å². The maximum atomic E-state index is 4.69. The largest absolute Gasteiger partial charge is 0.244 e. The predicted molar refractivity (Wildman–Crippen MR) is 75.4 cm³/mol. The smallest absolute Gasteiger partial charge is 0.178 e. The zero-order valence-electron chi connectivity index (χ0n) is 10.6. The second-order valence-electron chi connectivity index (χ2n) is 4.30. The average molecular weight is 247 g/mol. The summed E-state index contributed by atoms with van der Waals surface area (Å²) in [5.41, 5.74) is 4.03. The molecular formula is C16H13N3. The minimum absolute atomic E-state index is 0.652. The van der Waals surface area contributed by atoms with Crippen molar-refractivity contribution in [2.45, 2.75) is 6.92 Å². The molecule has 0 amide bonds. The van der Waals surface area contributed by atoms with Crippen LogP contribution in [-0.4, -0.2) is 15.0 Å². The Balaban J connectivity index is 2.12. The van der Waals surface area contributed by atoms with Crippen LogP contribution in [0, 0.1) is 6.92 Å². The van der Waals surface area contributed by atoms with Crippen molar-refractivity contribution in [2.24, 2.45) is 0 Å². The predicted octanol–water partition coefficient (Wildman–Crippen LogP) is 3.51. The summed E-state index contributed by atoms with van der Waals surface area (Å²) in [6, 6.07) is 16.0. The monoisotopic (exact) mass is 247 g/mol. The Morgan fingerprint density at radius 3 is 2.26 bits per heavy atom. The van der Waals surface area contributed by atoms with Crippen LogP contribution in [0.4, 0.5) is 0 Å². The van der Waals surface area contributed by atoms with E-state index in [1.807, 2.05) is 24.3 Å². The molecule has 2 aromatic heterocycles. The van der Waals surface area contributed by atoms with Crippen molar-refractivity contribution < 1.29 is 0 Å². The van der Waals surface area contributed by atoms with E-state index >= 15 is 0 Å². The van der Waals surface area contributed by atoms with Gasteiger partial charge in [-0.3, -0.25) is 0 Å². The summed E-state index contributed by atoms with van der Waals surface area (Å²) in [6.45, 7) is 2.06. The first-order chi connectivity index (χ1) is 9.34. The fraction of sp³-hybridized carbons (Fsp3) is 0.0625. The molecule has 0 aliphatic carbocycles. The van der Waals surface area contributed by atoms with Crippen molar-refractivity contribution in [3.8, 4) is 22.8 Å². The molecular weight excluding hydrogens is 234 g/mol. The maximum absolute atomic E-state index is 4.69. The average Bonchev–Trinajstić information content (AvgIpc) is 2.49. The van der Waals surface area contributed by atoms with Gasteiger partial charge < -0.3 is 0 Å². The lowest BCUT2D eigenvalue weighted by Gasteiger charge is -2.07. The van der Waals surface area contributed by atoms with Crippen LogP contribution in [0.25, 0.3) is 22.8 Å². The van der Waals surface area contributed by atoms with Gasteiger partial charge in [-0.2, -0.15) is 0 Å². The molecule has 0 aliphatic heterocycles. The molecule has 2 heterocycles. The third-order valence-corrected chi connectivity index (χ3v) is 2.94. The summed E-state index contributed by atoms with van der Waals surface area (Å²) in [5.74, 6) is 0.652. The molecule has 0 saturated carbocycles. The standard InChI is InChI=1S/C16H13N3/c1-12-8-9-14(16-17-10-5-11-18-16)19-15(12)13-6-3-2-4-7-13/h2-11H,1H3. The molecule has 3 heteroatoms. The molecule has 3 nitrogen and oxygen atoms in total. The Kier molecular flexibility index (Phi) is 3.02. The summed E-state index contributed by atoms with van der Waals surface area (Å²) >= 11 is 0. The van der Waals surface area contributed by atoms with Crippen LogP contribution < -0.4 is 0 Å². The van der Waals surface area contributed by atoms with Gasteiger partial charge in [0.05, 0.1) is 5.69 Å². The molecule has 0 bridgehead atoms. The Morgan fingerprint density at radius 1 is 0.789 bits per heavy atom. The first-order valence-electron chi connectivity index (χ1n) is 6.15. The fourth-order valence-electron chi connectivity index (χ4n) is 1.97. The van der Waals surface area contributed by atoms with E-state index in [1.165, 1.54) is 0 Å². The molecule has 0 atom stereocenters. The number of hydrogen-bond acceptors (Lipinski definition) is 3. The van der Waals surface area contributed by atoms with Gasteiger partial charge in [0.1, 0.15) is 5.69 Å². The van der Waals surface area contributed by atoms with E-state index in [1.54, 1.807) is 18.5 Å². The first kappa shape index (κ1) is 11.5. The molecule has 0 N–H and O–H groups in total. The van der Waals surface area contributed by atoms with Crippen LogP contribution in [0.3, 0.4) is 0 Å². The number of aryl methyl sites for hydroxylation is 1. The van der Waals surface area contributed by atoms with Gasteiger partial charge in [-0.15, -0.1) is 0 Å². The maximum Gasteiger partial charge on any atom is 0.178 e. The third kappa shape index (κ3) is 2.36. The van der Waals surface area contributed by atoms with Gasteiger partial charge >= 0.3 is 0 Å². The fourth-order valence-corrected chi connectivity index (χ4v) is 1.97. The molecule has 0 fully saturated rings. The third-order valence-electron chi connectivity index (χ3n) is 2.94. The molecule has 1 aromatic carbocycles. The normalized spacial score (nSPS) is 10.4. The van der Waals surface area contributed by atoms with Crippen molar-refractivity contribution in [1.82, 2.24) is 15.0 Å². The Morgan fingerprint density at radius 2 is 1.53 bits per heavy atom. The topological polar surface area (TPSA) is 38.7 Å². The minimum atomic E-state index is 0.652. The summed E-state index contributed by atoms with van der Waals surface area (Å²) in [4.78, 5) is 13.2. The van der Waals surface area contributed by atoms with Crippen molar-refractivity contribution in [2.75, 3.05) is 0 Å². The number of hydrogen-bond donors (Lipinski definition) is 0. The van der Waals surface area contributed by atoms with Crippen LogP contribution in [0.1, 0.15) is 5.56 Å². The van der Waals surface area contributed by atoms with Crippen LogP contribution in [-0.2, 0) is 0 Å². The Bertz CT molecular complexity index is 679. The second kappa shape index (κ2) is 4.98. The highest BCUT2D eigenvalue weighted by Crippen LogP contribution is 2.23. The van der Waals surface area contributed by atoms with Crippen molar-refractivity contribution >= 4 is 0 Å². The van der Waals surface area contributed by atoms with Crippen LogP contribution >= 0.6 is 0 Å². The van der Waals surface area contributed by atoms with Gasteiger partial charge in [-0.05, 0) is 24.6 Å². The number of pyridine rings is 1. The molecule has 92 valence electrons. The molecule has 0 aliphatic rings. The van der Waals surface area contributed by atoms with E-state index in [-0.39, 0.29) is 0 Å². The van der Waals surface area contributed by atoms with Crippen LogP contribution in [0.15, 0.2) is 60.9 Å². The van der Waals surface area contributed by atoms with Crippen LogP contribution in [0.2, 0.25) is 0 Å². The zero-order valence-corrected chi connectivity index (χ0v) is 10.6. The Labute approximate surface area is 112 Å². The second-order valence-corrected chi connectivity index (χ2v) is 4.30. The molecule has 0 saturated heterocycles. The van der Waals surface area contributed by atoms with E-state index in [0.717, 1.165) is 22.5 Å². The minimum Gasteiger partial charge on any atom is -0.244 e. The number of aromatic nitrogens is 3. The molecule has 19 heavy (non-hydrogen) atoms. The van der Waals surface area contributed by atoms with Crippen molar-refractivity contribution in [3.63, 3.8) is 0 Å². The molecule has 0 unspecified atom stereocenters. The first-order valence-corrected chi connectivity index (χ1v) is 6.15. The van der Waals surface area contributed by atoms with E-state index in [2.05, 4.69) is 40.1 Å². The summed E-state index contributed by atoms with van der Waals surface area (Å²) < 4.78 is 0. The SMILES string of the molecule is Cc1ccc(-c2ncccn2)nc1-c1ccccc1. The quantitative estimate of drug-likeness (QED) is 0.695. The highest BCUT2D eigenvalue weighted by Gasteiger charge is 2.07. The lowest BCUT2D eigenvalue weighted by Crippen LogP contribution is -1.94. The van der Waals surface area contributed by atoms with Crippen molar-refractivity contribution in [3.05, 3.63) is 66.5 Å². The lowest BCUT2D eigenvalue weighted by atomic mass is 10.1. The Hall–Kier alpha value is -2.55. The van der Waals surface area contributed by atoms with Gasteiger partial charge in [0.25, 0.3) is 0 Å². The molecule has 3 aromatic rings. The summed E-state index contributed by atoms with van der Waals surface area (Å²) in [5, 5.41) is 0. The van der Waals surface area contributed by atoms with E-state index < -0.39 is 0 Å².